The van der Waals surface area contributed by atoms with Crippen LogP contribution in [0.1, 0.15) is 111 Å². The Morgan fingerprint density at radius 3 is 1.38 bits per heavy atom. The Morgan fingerprint density at radius 1 is 0.625 bits per heavy atom. The zero-order chi connectivity index (χ0) is 18.3. The van der Waals surface area contributed by atoms with Crippen molar-refractivity contribution < 1.29 is 4.48 Å². The molecule has 2 heteroatoms. The first-order valence-corrected chi connectivity index (χ1v) is 11.2. The molecule has 0 saturated heterocycles. The van der Waals surface area contributed by atoms with Crippen LogP contribution in [0.4, 0.5) is 0 Å². The lowest BCUT2D eigenvalue weighted by molar-refractivity contribution is -0.910. The van der Waals surface area contributed by atoms with Gasteiger partial charge in [0.25, 0.3) is 0 Å². The van der Waals surface area contributed by atoms with Gasteiger partial charge in [-0.2, -0.15) is 0 Å². The third-order valence-electron chi connectivity index (χ3n) is 5.35. The van der Waals surface area contributed by atoms with E-state index in [1.165, 1.54) is 101 Å². The molecule has 0 aromatic carbocycles. The van der Waals surface area contributed by atoms with Crippen LogP contribution in [-0.4, -0.2) is 36.0 Å². The molecule has 0 saturated carbocycles. The minimum absolute atomic E-state index is 0.0538. The number of unbranched alkanes of at least 4 members (excludes halogenated alkanes) is 10. The summed E-state index contributed by atoms with van der Waals surface area (Å²) < 4.78 is 1.23. The van der Waals surface area contributed by atoms with Gasteiger partial charge >= 0.3 is 0 Å². The van der Waals surface area contributed by atoms with Crippen molar-refractivity contribution in [3.8, 4) is 0 Å². The molecule has 0 unspecified atom stereocenters. The van der Waals surface area contributed by atoms with Gasteiger partial charge in [0.05, 0.1) is 26.7 Å². The standard InChI is InChI=1S/C22H47ClN/c1-6-8-10-12-14-16-19-24(5,21-18-22(3,4)23)20-17-15-13-11-9-7-2/h6-21H2,1-5H3/q+1. The first-order valence-electron chi connectivity index (χ1n) is 10.9. The molecule has 0 spiro atoms. The van der Waals surface area contributed by atoms with Crippen LogP contribution in [0.2, 0.25) is 0 Å². The lowest BCUT2D eigenvalue weighted by Crippen LogP contribution is -2.47. The van der Waals surface area contributed by atoms with Crippen LogP contribution in [0, 0.1) is 0 Å². The Bertz CT molecular complexity index is 254. The van der Waals surface area contributed by atoms with Crippen molar-refractivity contribution in [3.05, 3.63) is 0 Å². The summed E-state index contributed by atoms with van der Waals surface area (Å²) >= 11 is 6.47. The SMILES string of the molecule is CCCCCCCC[N+](C)(CCCCCCCC)CCC(C)(C)Cl. The van der Waals surface area contributed by atoms with E-state index in [0.717, 1.165) is 6.42 Å². The van der Waals surface area contributed by atoms with Crippen molar-refractivity contribution in [2.45, 2.75) is 116 Å². The highest BCUT2D eigenvalue weighted by molar-refractivity contribution is 6.23. The molecule has 0 fully saturated rings. The van der Waals surface area contributed by atoms with E-state index in [-0.39, 0.29) is 4.87 Å². The van der Waals surface area contributed by atoms with Crippen LogP contribution in [-0.2, 0) is 0 Å². The predicted molar refractivity (Wildman–Crippen MR) is 112 cm³/mol. The van der Waals surface area contributed by atoms with Gasteiger partial charge in [-0.05, 0) is 39.5 Å². The fourth-order valence-electron chi connectivity index (χ4n) is 3.42. The van der Waals surface area contributed by atoms with E-state index in [1.54, 1.807) is 0 Å². The molecular formula is C22H47ClN+. The van der Waals surface area contributed by atoms with Crippen LogP contribution >= 0.6 is 11.6 Å². The summed E-state index contributed by atoms with van der Waals surface area (Å²) in [7, 11) is 2.47. The van der Waals surface area contributed by atoms with E-state index in [9.17, 15) is 0 Å². The molecule has 0 radical (unpaired) electrons. The van der Waals surface area contributed by atoms with E-state index in [4.69, 9.17) is 11.6 Å². The number of hydrogen-bond acceptors (Lipinski definition) is 0. The first kappa shape index (κ1) is 24.2. The minimum Gasteiger partial charge on any atom is -0.326 e. The van der Waals surface area contributed by atoms with Crippen LogP contribution in [0.5, 0.6) is 0 Å². The summed E-state index contributed by atoms with van der Waals surface area (Å²) in [5.41, 5.74) is 0. The van der Waals surface area contributed by atoms with Crippen molar-refractivity contribution in [2.24, 2.45) is 0 Å². The molecule has 0 aliphatic heterocycles. The van der Waals surface area contributed by atoms with Crippen LogP contribution < -0.4 is 0 Å². The van der Waals surface area contributed by atoms with Gasteiger partial charge in [-0.25, -0.2) is 0 Å². The molecule has 0 amide bonds. The molecule has 146 valence electrons. The number of alkyl halides is 1. The Kier molecular flexibility index (Phi) is 14.6. The Morgan fingerprint density at radius 2 is 1.00 bits per heavy atom. The highest BCUT2D eigenvalue weighted by Crippen LogP contribution is 2.22. The van der Waals surface area contributed by atoms with Gasteiger partial charge in [-0.3, -0.25) is 0 Å². The second-order valence-electron chi connectivity index (χ2n) is 8.79. The minimum atomic E-state index is -0.0538. The van der Waals surface area contributed by atoms with E-state index >= 15 is 0 Å². The molecule has 0 bridgehead atoms. The summed E-state index contributed by atoms with van der Waals surface area (Å²) in [6.07, 6.45) is 17.9. The molecule has 0 rings (SSSR count). The summed E-state index contributed by atoms with van der Waals surface area (Å²) in [6, 6.07) is 0. The molecule has 1 nitrogen and oxygen atoms in total. The van der Waals surface area contributed by atoms with Gasteiger partial charge in [-0.1, -0.05) is 65.2 Å². The molecular weight excluding hydrogens is 314 g/mol. The average molecular weight is 361 g/mol. The Balaban J connectivity index is 4.12. The van der Waals surface area contributed by atoms with E-state index < -0.39 is 0 Å². The molecule has 0 aromatic heterocycles. The first-order chi connectivity index (χ1) is 11.3. The monoisotopic (exact) mass is 360 g/mol. The Labute approximate surface area is 159 Å². The van der Waals surface area contributed by atoms with Crippen molar-refractivity contribution in [2.75, 3.05) is 26.7 Å². The van der Waals surface area contributed by atoms with Gasteiger partial charge in [0, 0.05) is 11.3 Å². The van der Waals surface area contributed by atoms with E-state index in [1.807, 2.05) is 0 Å². The van der Waals surface area contributed by atoms with Crippen LogP contribution in [0.25, 0.3) is 0 Å². The maximum atomic E-state index is 6.47. The molecule has 0 heterocycles. The lowest BCUT2D eigenvalue weighted by atomic mass is 10.1. The normalized spacial score (nSPS) is 12.8. The molecule has 0 N–H and O–H groups in total. The smallest absolute Gasteiger partial charge is 0.0801 e. The van der Waals surface area contributed by atoms with Crippen LogP contribution in [0.15, 0.2) is 0 Å². The second-order valence-corrected chi connectivity index (χ2v) is 9.82. The number of hydrogen-bond donors (Lipinski definition) is 0. The summed E-state index contributed by atoms with van der Waals surface area (Å²) in [6.45, 7) is 12.8. The fourth-order valence-corrected chi connectivity index (χ4v) is 3.50. The molecule has 24 heavy (non-hydrogen) atoms. The number of rotatable bonds is 17. The quantitative estimate of drug-likeness (QED) is 0.142. The van der Waals surface area contributed by atoms with Crippen LogP contribution in [0.3, 0.4) is 0 Å². The highest BCUT2D eigenvalue weighted by atomic mass is 35.5. The van der Waals surface area contributed by atoms with E-state index in [2.05, 4.69) is 34.7 Å². The predicted octanol–water partition coefficient (Wildman–Crippen LogP) is 7.56. The molecule has 0 aromatic rings. The van der Waals surface area contributed by atoms with Crippen molar-refractivity contribution >= 4 is 11.6 Å². The van der Waals surface area contributed by atoms with Gasteiger partial charge in [0.15, 0.2) is 0 Å². The third-order valence-corrected chi connectivity index (χ3v) is 5.54. The maximum absolute atomic E-state index is 6.47. The summed E-state index contributed by atoms with van der Waals surface area (Å²) in [5, 5.41) is 0. The number of halogens is 1. The van der Waals surface area contributed by atoms with Crippen molar-refractivity contribution in [3.63, 3.8) is 0 Å². The summed E-state index contributed by atoms with van der Waals surface area (Å²) in [5.74, 6) is 0. The maximum Gasteiger partial charge on any atom is 0.0801 e. The van der Waals surface area contributed by atoms with Gasteiger partial charge in [0.1, 0.15) is 0 Å². The number of quaternary nitrogens is 1. The van der Waals surface area contributed by atoms with E-state index in [0.29, 0.717) is 0 Å². The zero-order valence-corrected chi connectivity index (χ0v) is 18.4. The zero-order valence-electron chi connectivity index (χ0n) is 17.6. The fraction of sp³-hybridized carbons (Fsp3) is 1.00. The van der Waals surface area contributed by atoms with Gasteiger partial charge < -0.3 is 4.48 Å². The molecule has 0 atom stereocenters. The molecule has 0 aliphatic rings. The topological polar surface area (TPSA) is 0 Å². The highest BCUT2D eigenvalue weighted by Gasteiger charge is 2.24. The average Bonchev–Trinajstić information content (AvgIpc) is 2.52. The largest absolute Gasteiger partial charge is 0.326 e. The van der Waals surface area contributed by atoms with Gasteiger partial charge in [0.2, 0.25) is 0 Å². The van der Waals surface area contributed by atoms with Crippen molar-refractivity contribution in [1.29, 1.82) is 0 Å². The van der Waals surface area contributed by atoms with Crippen molar-refractivity contribution in [1.82, 2.24) is 0 Å². The van der Waals surface area contributed by atoms with Gasteiger partial charge in [-0.15, -0.1) is 11.6 Å². The second kappa shape index (κ2) is 14.4. The lowest BCUT2D eigenvalue weighted by Gasteiger charge is -2.36. The third kappa shape index (κ3) is 15.8. The number of nitrogens with zero attached hydrogens (tertiary/aromatic N) is 1. The Hall–Kier alpha value is 0.250. The summed E-state index contributed by atoms with van der Waals surface area (Å²) in [4.78, 5) is -0.0538. The molecule has 0 aliphatic carbocycles.